The van der Waals surface area contributed by atoms with Crippen LogP contribution in [0.25, 0.3) is 5.52 Å². The van der Waals surface area contributed by atoms with Gasteiger partial charge in [-0.1, -0.05) is 30.3 Å². The summed E-state index contributed by atoms with van der Waals surface area (Å²) in [5.74, 6) is 1.60. The predicted molar refractivity (Wildman–Crippen MR) is 124 cm³/mol. The molecule has 10 nitrogen and oxygen atoms in total. The summed E-state index contributed by atoms with van der Waals surface area (Å²) < 4.78 is 1.78. The number of H-pyrrole nitrogens is 1. The molecule has 0 unspecified atom stereocenters. The van der Waals surface area contributed by atoms with Crippen molar-refractivity contribution in [2.24, 2.45) is 0 Å². The Morgan fingerprint density at radius 1 is 1.12 bits per heavy atom. The summed E-state index contributed by atoms with van der Waals surface area (Å²) in [4.78, 5) is 21.5. The molecule has 5 rings (SSSR count). The number of rotatable bonds is 5. The molecule has 0 radical (unpaired) electrons. The monoisotopic (exact) mass is 446 g/mol. The lowest BCUT2D eigenvalue weighted by atomic mass is 9.94. The fraction of sp³-hybridized carbons (Fsp3) is 0.304. The first-order valence-corrected chi connectivity index (χ1v) is 10.9. The van der Waals surface area contributed by atoms with Gasteiger partial charge in [0.1, 0.15) is 5.52 Å². The Hall–Kier alpha value is -3.92. The molecule has 1 amide bonds. The molecule has 3 N–H and O–H groups in total. The highest BCUT2D eigenvalue weighted by Crippen LogP contribution is 2.26. The Labute approximate surface area is 190 Å². The number of aromatic nitrogens is 5. The summed E-state index contributed by atoms with van der Waals surface area (Å²) in [7, 11) is 0. The van der Waals surface area contributed by atoms with E-state index in [1.165, 1.54) is 0 Å². The minimum Gasteiger partial charge on any atom is -0.376 e. The van der Waals surface area contributed by atoms with E-state index in [1.54, 1.807) is 28.5 Å². The zero-order valence-electron chi connectivity index (χ0n) is 18.6. The number of nitrogens with one attached hydrogen (secondary N) is 2. The Kier molecular flexibility index (Phi) is 5.21. The van der Waals surface area contributed by atoms with Crippen molar-refractivity contribution in [3.05, 3.63) is 66.0 Å². The van der Waals surface area contributed by atoms with Gasteiger partial charge in [0.25, 0.3) is 5.91 Å². The number of hydrogen-bond acceptors (Lipinski definition) is 7. The number of aromatic amines is 1. The normalized spacial score (nSPS) is 16.1. The van der Waals surface area contributed by atoms with Crippen LogP contribution < -0.4 is 10.2 Å². The number of hydrogen-bond donors (Lipinski definition) is 3. The number of amides is 1. The number of aryl methyl sites for hydroxylation is 1. The molecular formula is C23H26N8O2. The van der Waals surface area contributed by atoms with E-state index in [1.807, 2.05) is 54.4 Å². The van der Waals surface area contributed by atoms with E-state index < -0.39 is 5.60 Å². The van der Waals surface area contributed by atoms with Gasteiger partial charge in [-0.2, -0.15) is 10.1 Å². The summed E-state index contributed by atoms with van der Waals surface area (Å²) in [5, 5.41) is 26.0. The van der Waals surface area contributed by atoms with E-state index in [2.05, 4.69) is 20.6 Å². The first-order chi connectivity index (χ1) is 15.9. The highest BCUT2D eigenvalue weighted by molar-refractivity contribution is 5.86. The molecule has 10 heteroatoms. The van der Waals surface area contributed by atoms with Crippen molar-refractivity contribution in [1.29, 1.82) is 0 Å². The molecule has 1 atom stereocenters. The summed E-state index contributed by atoms with van der Waals surface area (Å²) >= 11 is 0. The second-order valence-electron chi connectivity index (χ2n) is 8.38. The first-order valence-electron chi connectivity index (χ1n) is 10.9. The van der Waals surface area contributed by atoms with Crippen LogP contribution in [-0.4, -0.2) is 66.9 Å². The minimum atomic E-state index is -1.57. The second kappa shape index (κ2) is 8.21. The molecule has 3 aromatic heterocycles. The van der Waals surface area contributed by atoms with Gasteiger partial charge in [-0.15, -0.1) is 5.10 Å². The third-order valence-electron chi connectivity index (χ3n) is 5.93. The van der Waals surface area contributed by atoms with Crippen LogP contribution in [0.3, 0.4) is 0 Å². The van der Waals surface area contributed by atoms with Gasteiger partial charge in [0.15, 0.2) is 17.2 Å². The van der Waals surface area contributed by atoms with Crippen molar-refractivity contribution < 1.29 is 9.90 Å². The van der Waals surface area contributed by atoms with Crippen LogP contribution in [0.5, 0.6) is 0 Å². The fourth-order valence-electron chi connectivity index (χ4n) is 4.06. The SMILES string of the molecule is Cc1cc(Nc2nc(N3CCN(C(=O)[C@](C)(O)c4ccccc4)CC3)nn3cccc23)n[nH]1. The Bertz CT molecular complexity index is 1270. The van der Waals surface area contributed by atoms with Crippen molar-refractivity contribution in [2.45, 2.75) is 19.4 Å². The average Bonchev–Trinajstić information content (AvgIpc) is 3.48. The second-order valence-corrected chi connectivity index (χ2v) is 8.38. The van der Waals surface area contributed by atoms with Crippen molar-refractivity contribution >= 4 is 29.0 Å². The molecule has 1 aliphatic rings. The Balaban J connectivity index is 1.33. The van der Waals surface area contributed by atoms with Gasteiger partial charge in [-0.25, -0.2) is 4.52 Å². The minimum absolute atomic E-state index is 0.300. The smallest absolute Gasteiger partial charge is 0.259 e. The summed E-state index contributed by atoms with van der Waals surface area (Å²) in [6.45, 7) is 5.54. The topological polar surface area (TPSA) is 115 Å². The maximum Gasteiger partial charge on any atom is 0.259 e. The van der Waals surface area contributed by atoms with E-state index in [0.717, 1.165) is 11.2 Å². The van der Waals surface area contributed by atoms with E-state index in [0.29, 0.717) is 49.3 Å². The van der Waals surface area contributed by atoms with Crippen LogP contribution in [0, 0.1) is 6.92 Å². The van der Waals surface area contributed by atoms with E-state index in [4.69, 9.17) is 4.98 Å². The summed E-state index contributed by atoms with van der Waals surface area (Å²) in [6.07, 6.45) is 1.87. The molecule has 4 heterocycles. The van der Waals surface area contributed by atoms with Gasteiger partial charge in [0.2, 0.25) is 5.95 Å². The molecule has 0 saturated carbocycles. The van der Waals surface area contributed by atoms with Gasteiger partial charge in [0, 0.05) is 44.1 Å². The highest BCUT2D eigenvalue weighted by atomic mass is 16.3. The van der Waals surface area contributed by atoms with Crippen LogP contribution in [0.2, 0.25) is 0 Å². The van der Waals surface area contributed by atoms with Crippen LogP contribution in [0.15, 0.2) is 54.7 Å². The number of benzene rings is 1. The van der Waals surface area contributed by atoms with Gasteiger partial charge in [0.05, 0.1) is 0 Å². The molecule has 4 aromatic rings. The maximum absolute atomic E-state index is 13.1. The molecule has 1 aliphatic heterocycles. The largest absolute Gasteiger partial charge is 0.376 e. The molecule has 0 aliphatic carbocycles. The van der Waals surface area contributed by atoms with Gasteiger partial charge in [-0.05, 0) is 31.5 Å². The lowest BCUT2D eigenvalue weighted by Gasteiger charge is -2.38. The van der Waals surface area contributed by atoms with Crippen molar-refractivity contribution in [2.75, 3.05) is 36.4 Å². The summed E-state index contributed by atoms with van der Waals surface area (Å²) in [6, 6.07) is 14.8. The van der Waals surface area contributed by atoms with Gasteiger partial charge >= 0.3 is 0 Å². The number of carbonyl (C=O) groups is 1. The molecule has 1 fully saturated rings. The Morgan fingerprint density at radius 3 is 2.58 bits per heavy atom. The maximum atomic E-state index is 13.1. The van der Waals surface area contributed by atoms with Crippen LogP contribution in [0.4, 0.5) is 17.6 Å². The third kappa shape index (κ3) is 4.00. The average molecular weight is 447 g/mol. The molecular weight excluding hydrogens is 420 g/mol. The van der Waals surface area contributed by atoms with Crippen LogP contribution in [0.1, 0.15) is 18.2 Å². The van der Waals surface area contributed by atoms with E-state index in [-0.39, 0.29) is 5.91 Å². The zero-order valence-corrected chi connectivity index (χ0v) is 18.6. The van der Waals surface area contributed by atoms with Crippen molar-refractivity contribution in [1.82, 2.24) is 29.7 Å². The summed E-state index contributed by atoms with van der Waals surface area (Å²) in [5.41, 5.74) is 0.809. The van der Waals surface area contributed by atoms with Crippen molar-refractivity contribution in [3.63, 3.8) is 0 Å². The fourth-order valence-corrected chi connectivity index (χ4v) is 4.06. The number of nitrogens with zero attached hydrogens (tertiary/aromatic N) is 6. The molecule has 1 saturated heterocycles. The number of aliphatic hydroxyl groups is 1. The lowest BCUT2D eigenvalue weighted by Crippen LogP contribution is -2.54. The third-order valence-corrected chi connectivity index (χ3v) is 5.93. The zero-order chi connectivity index (χ0) is 23.0. The van der Waals surface area contributed by atoms with Gasteiger partial charge < -0.3 is 20.2 Å². The highest BCUT2D eigenvalue weighted by Gasteiger charge is 2.37. The number of carbonyl (C=O) groups excluding carboxylic acids is 1. The number of fused-ring (bicyclic) bond motifs is 1. The molecule has 0 bridgehead atoms. The molecule has 0 spiro atoms. The lowest BCUT2D eigenvalue weighted by molar-refractivity contribution is -0.151. The molecule has 33 heavy (non-hydrogen) atoms. The number of anilines is 3. The predicted octanol–water partition coefficient (Wildman–Crippen LogP) is 2.06. The quantitative estimate of drug-likeness (QED) is 0.430. The van der Waals surface area contributed by atoms with Gasteiger partial charge in [-0.3, -0.25) is 9.89 Å². The van der Waals surface area contributed by atoms with E-state index >= 15 is 0 Å². The van der Waals surface area contributed by atoms with Crippen LogP contribution >= 0.6 is 0 Å². The standard InChI is InChI=1S/C23H26N8O2/c1-16-15-19(27-26-16)24-20-18-9-6-10-31(18)28-22(25-20)30-13-11-29(12-14-30)21(32)23(2,33)17-7-4-3-5-8-17/h3-10,15,33H,11-14H2,1-2H3,(H2,24,25,26,27,28)/t23-/m1/s1. The first kappa shape index (κ1) is 21.0. The van der Waals surface area contributed by atoms with E-state index in [9.17, 15) is 9.90 Å². The van der Waals surface area contributed by atoms with Crippen LogP contribution in [-0.2, 0) is 10.4 Å². The number of piperazine rings is 1. The Morgan fingerprint density at radius 2 is 1.88 bits per heavy atom. The molecule has 170 valence electrons. The van der Waals surface area contributed by atoms with Crippen molar-refractivity contribution in [3.8, 4) is 0 Å². The molecule has 1 aromatic carbocycles.